The minimum Gasteiger partial charge on any atom is -0.497 e. The molecular weight excluding hydrogens is 516 g/mol. The van der Waals surface area contributed by atoms with Crippen LogP contribution in [-0.2, 0) is 9.53 Å². The Morgan fingerprint density at radius 3 is 1.92 bits per heavy atom. The van der Waals surface area contributed by atoms with Crippen LogP contribution in [0.2, 0.25) is 0 Å². The van der Waals surface area contributed by atoms with Crippen molar-refractivity contribution in [1.29, 1.82) is 0 Å². The van der Waals surface area contributed by atoms with Gasteiger partial charge in [-0.3, -0.25) is 4.79 Å². The number of thioether (sulfide) groups is 1. The number of nitrogens with one attached hydrogen (secondary N) is 1. The predicted octanol–water partition coefficient (Wildman–Crippen LogP) is 5.52. The van der Waals surface area contributed by atoms with Gasteiger partial charge in [0.15, 0.2) is 0 Å². The van der Waals surface area contributed by atoms with Crippen molar-refractivity contribution in [1.82, 2.24) is 15.2 Å². The molecule has 39 heavy (non-hydrogen) atoms. The first kappa shape index (κ1) is 27.6. The standard InChI is InChI=1S/C29H28N4O5S/c1-5-38-28(35)21-6-12-22(13-7-21)30-27(34)18(2)39-29-31-25(19-8-14-23(36-3)15-9-19)26(32-33-29)20-10-16-24(37-4)17-11-20/h6-18H,5H2,1-4H3,(H,30,34). The van der Waals surface area contributed by atoms with Gasteiger partial charge >= 0.3 is 5.97 Å². The average molecular weight is 545 g/mol. The maximum absolute atomic E-state index is 12.9. The van der Waals surface area contributed by atoms with Gasteiger partial charge in [0.05, 0.1) is 31.6 Å². The number of methoxy groups -OCH3 is 2. The first-order chi connectivity index (χ1) is 18.9. The highest BCUT2D eigenvalue weighted by Crippen LogP contribution is 2.32. The molecule has 0 aliphatic carbocycles. The van der Waals surface area contributed by atoms with Crippen LogP contribution < -0.4 is 14.8 Å². The molecule has 0 bridgehead atoms. The van der Waals surface area contributed by atoms with Crippen molar-refractivity contribution in [2.45, 2.75) is 24.3 Å². The molecule has 1 atom stereocenters. The molecule has 200 valence electrons. The van der Waals surface area contributed by atoms with Gasteiger partial charge in [-0.1, -0.05) is 11.8 Å². The molecule has 0 aliphatic rings. The summed E-state index contributed by atoms with van der Waals surface area (Å²) in [6.45, 7) is 3.81. The molecule has 0 fully saturated rings. The van der Waals surface area contributed by atoms with Crippen LogP contribution in [0.15, 0.2) is 78.0 Å². The Bertz CT molecular complexity index is 1430. The van der Waals surface area contributed by atoms with Crippen molar-refractivity contribution < 1.29 is 23.8 Å². The van der Waals surface area contributed by atoms with Crippen molar-refractivity contribution in [3.05, 3.63) is 78.4 Å². The number of ether oxygens (including phenoxy) is 3. The number of hydrogen-bond acceptors (Lipinski definition) is 9. The molecular formula is C29H28N4O5S. The lowest BCUT2D eigenvalue weighted by Gasteiger charge is -2.13. The normalized spacial score (nSPS) is 11.4. The molecule has 1 N–H and O–H groups in total. The number of hydrogen-bond donors (Lipinski definition) is 1. The fourth-order valence-electron chi connectivity index (χ4n) is 3.61. The molecule has 4 rings (SSSR count). The lowest BCUT2D eigenvalue weighted by molar-refractivity contribution is -0.115. The molecule has 0 saturated heterocycles. The van der Waals surface area contributed by atoms with Crippen molar-refractivity contribution in [3.63, 3.8) is 0 Å². The molecule has 0 spiro atoms. The van der Waals surface area contributed by atoms with E-state index in [-0.39, 0.29) is 5.91 Å². The summed E-state index contributed by atoms with van der Waals surface area (Å²) < 4.78 is 15.6. The largest absolute Gasteiger partial charge is 0.497 e. The number of nitrogens with zero attached hydrogens (tertiary/aromatic N) is 3. The van der Waals surface area contributed by atoms with Crippen molar-refractivity contribution >= 4 is 29.3 Å². The second kappa shape index (κ2) is 12.9. The first-order valence-electron chi connectivity index (χ1n) is 12.2. The van der Waals surface area contributed by atoms with E-state index in [1.807, 2.05) is 48.5 Å². The molecule has 0 saturated carbocycles. The number of amides is 1. The lowest BCUT2D eigenvalue weighted by atomic mass is 10.0. The quantitative estimate of drug-likeness (QED) is 0.204. The van der Waals surface area contributed by atoms with Gasteiger partial charge in [-0.25, -0.2) is 9.78 Å². The fraction of sp³-hybridized carbons (Fsp3) is 0.207. The first-order valence-corrected chi connectivity index (χ1v) is 13.1. The van der Waals surface area contributed by atoms with Crippen molar-refractivity contribution in [3.8, 4) is 34.0 Å². The predicted molar refractivity (Wildman–Crippen MR) is 150 cm³/mol. The second-order valence-corrected chi connectivity index (χ2v) is 9.60. The van der Waals surface area contributed by atoms with E-state index in [2.05, 4.69) is 15.5 Å². The zero-order chi connectivity index (χ0) is 27.8. The topological polar surface area (TPSA) is 113 Å². The van der Waals surface area contributed by atoms with Crippen molar-refractivity contribution in [2.75, 3.05) is 26.1 Å². The van der Waals surface area contributed by atoms with Crippen LogP contribution in [0.5, 0.6) is 11.5 Å². The summed E-state index contributed by atoms with van der Waals surface area (Å²) in [5.41, 5.74) is 3.87. The van der Waals surface area contributed by atoms with E-state index < -0.39 is 11.2 Å². The van der Waals surface area contributed by atoms with Crippen LogP contribution >= 0.6 is 11.8 Å². The molecule has 1 heterocycles. The van der Waals surface area contributed by atoms with Gasteiger partial charge in [0.2, 0.25) is 11.1 Å². The fourth-order valence-corrected chi connectivity index (χ4v) is 4.33. The highest BCUT2D eigenvalue weighted by Gasteiger charge is 2.20. The zero-order valence-electron chi connectivity index (χ0n) is 22.0. The van der Waals surface area contributed by atoms with E-state index in [9.17, 15) is 9.59 Å². The van der Waals surface area contributed by atoms with Gasteiger partial charge in [0, 0.05) is 16.8 Å². The van der Waals surface area contributed by atoms with Gasteiger partial charge < -0.3 is 19.5 Å². The van der Waals surface area contributed by atoms with Crippen molar-refractivity contribution in [2.24, 2.45) is 0 Å². The average Bonchev–Trinajstić information content (AvgIpc) is 2.97. The number of carbonyl (C=O) groups excluding carboxylic acids is 2. The molecule has 1 unspecified atom stereocenters. The monoisotopic (exact) mass is 544 g/mol. The Morgan fingerprint density at radius 2 is 1.38 bits per heavy atom. The minimum atomic E-state index is -0.521. The minimum absolute atomic E-state index is 0.238. The van der Waals surface area contributed by atoms with Crippen LogP contribution in [0.1, 0.15) is 24.2 Å². The maximum atomic E-state index is 12.9. The summed E-state index contributed by atoms with van der Waals surface area (Å²) in [6, 6.07) is 21.5. The smallest absolute Gasteiger partial charge is 0.338 e. The number of carbonyl (C=O) groups is 2. The molecule has 4 aromatic rings. The van der Waals surface area contributed by atoms with Gasteiger partial charge in [0.1, 0.15) is 22.9 Å². The van der Waals surface area contributed by atoms with Crippen LogP contribution in [-0.4, -0.2) is 53.1 Å². The molecule has 0 aliphatic heterocycles. The van der Waals surface area contributed by atoms with E-state index in [0.29, 0.717) is 34.4 Å². The van der Waals surface area contributed by atoms with Crippen LogP contribution in [0, 0.1) is 0 Å². The molecule has 1 aromatic heterocycles. The lowest BCUT2D eigenvalue weighted by Crippen LogP contribution is -2.22. The maximum Gasteiger partial charge on any atom is 0.338 e. The summed E-state index contributed by atoms with van der Waals surface area (Å²) in [4.78, 5) is 29.5. The summed E-state index contributed by atoms with van der Waals surface area (Å²) in [6.07, 6.45) is 0. The Balaban J connectivity index is 1.55. The van der Waals surface area contributed by atoms with Crippen LogP contribution in [0.3, 0.4) is 0 Å². The molecule has 3 aromatic carbocycles. The number of benzene rings is 3. The zero-order valence-corrected chi connectivity index (χ0v) is 22.8. The number of esters is 1. The molecule has 1 amide bonds. The number of anilines is 1. The van der Waals surface area contributed by atoms with Gasteiger partial charge in [0.25, 0.3) is 0 Å². The van der Waals surface area contributed by atoms with Crippen LogP contribution in [0.4, 0.5) is 5.69 Å². The third-order valence-corrected chi connectivity index (χ3v) is 6.66. The van der Waals surface area contributed by atoms with E-state index >= 15 is 0 Å². The van der Waals surface area contributed by atoms with Crippen LogP contribution in [0.25, 0.3) is 22.5 Å². The highest BCUT2D eigenvalue weighted by atomic mass is 32.2. The Morgan fingerprint density at radius 1 is 0.821 bits per heavy atom. The summed E-state index contributed by atoms with van der Waals surface area (Å²) in [5, 5.41) is 11.5. The number of aromatic nitrogens is 3. The van der Waals surface area contributed by atoms with E-state index in [4.69, 9.17) is 19.2 Å². The Labute approximate surface area is 230 Å². The summed E-state index contributed by atoms with van der Waals surface area (Å²) in [7, 11) is 3.22. The molecule has 10 heteroatoms. The molecule has 9 nitrogen and oxygen atoms in total. The van der Waals surface area contributed by atoms with E-state index in [1.165, 1.54) is 11.8 Å². The summed E-state index contributed by atoms with van der Waals surface area (Å²) >= 11 is 1.20. The molecule has 0 radical (unpaired) electrons. The second-order valence-electron chi connectivity index (χ2n) is 8.30. The third kappa shape index (κ3) is 6.91. The Hall–Kier alpha value is -4.44. The van der Waals surface area contributed by atoms with E-state index in [1.54, 1.807) is 52.3 Å². The van der Waals surface area contributed by atoms with Gasteiger partial charge in [-0.05, 0) is 86.6 Å². The van der Waals surface area contributed by atoms with E-state index in [0.717, 1.165) is 22.6 Å². The highest BCUT2D eigenvalue weighted by molar-refractivity contribution is 8.00. The number of rotatable bonds is 10. The third-order valence-electron chi connectivity index (χ3n) is 5.71. The summed E-state index contributed by atoms with van der Waals surface area (Å²) in [5.74, 6) is 0.808. The Kier molecular flexibility index (Phi) is 9.11. The SMILES string of the molecule is CCOC(=O)c1ccc(NC(=O)C(C)Sc2nnc(-c3ccc(OC)cc3)c(-c3ccc(OC)cc3)n2)cc1. The van der Waals surface area contributed by atoms with Gasteiger partial charge in [-0.15, -0.1) is 10.2 Å². The van der Waals surface area contributed by atoms with Gasteiger partial charge in [-0.2, -0.15) is 0 Å².